The zero-order chi connectivity index (χ0) is 17.1. The largest absolute Gasteiger partial charge is 0.355 e. The Kier molecular flexibility index (Phi) is 6.33. The normalized spacial score (nSPS) is 10.8. The molecule has 6 nitrogen and oxygen atoms in total. The Hall–Kier alpha value is -2.18. The van der Waals surface area contributed by atoms with Gasteiger partial charge in [0, 0.05) is 36.3 Å². The smallest absolute Gasteiger partial charge is 0.220 e. The minimum atomic E-state index is 0. The van der Waals surface area contributed by atoms with Crippen molar-refractivity contribution in [2.45, 2.75) is 26.7 Å². The molecule has 2 heterocycles. The Morgan fingerprint density at radius 3 is 2.72 bits per heavy atom. The highest BCUT2D eigenvalue weighted by Crippen LogP contribution is 2.22. The molecule has 0 fully saturated rings. The summed E-state index contributed by atoms with van der Waals surface area (Å²) in [6.07, 6.45) is 1.13. The number of carbonyl (C=O) groups excluding carboxylic acids is 1. The third-order valence-electron chi connectivity index (χ3n) is 4.32. The van der Waals surface area contributed by atoms with Gasteiger partial charge in [-0.25, -0.2) is 9.50 Å². The summed E-state index contributed by atoms with van der Waals surface area (Å²) in [5.74, 6) is 0.0646. The summed E-state index contributed by atoms with van der Waals surface area (Å²) in [7, 11) is 1.87. The summed E-state index contributed by atoms with van der Waals surface area (Å²) >= 11 is 0. The van der Waals surface area contributed by atoms with Crippen molar-refractivity contribution < 1.29 is 4.79 Å². The molecule has 25 heavy (non-hydrogen) atoms. The van der Waals surface area contributed by atoms with Crippen LogP contribution < -0.4 is 10.6 Å². The maximum atomic E-state index is 11.9. The van der Waals surface area contributed by atoms with Gasteiger partial charge in [-0.1, -0.05) is 12.1 Å². The Bertz CT molecular complexity index is 890. The van der Waals surface area contributed by atoms with Crippen molar-refractivity contribution in [1.29, 1.82) is 0 Å². The molecule has 0 radical (unpaired) electrons. The maximum Gasteiger partial charge on any atom is 0.220 e. The van der Waals surface area contributed by atoms with E-state index in [2.05, 4.69) is 15.7 Å². The topological polar surface area (TPSA) is 71.3 Å². The van der Waals surface area contributed by atoms with Crippen molar-refractivity contribution in [1.82, 2.24) is 25.2 Å². The van der Waals surface area contributed by atoms with Crippen LogP contribution in [0.2, 0.25) is 0 Å². The van der Waals surface area contributed by atoms with Crippen LogP contribution in [0, 0.1) is 13.8 Å². The van der Waals surface area contributed by atoms with Gasteiger partial charge in [0.15, 0.2) is 5.65 Å². The zero-order valence-electron chi connectivity index (χ0n) is 14.8. The van der Waals surface area contributed by atoms with Gasteiger partial charge < -0.3 is 10.6 Å². The number of likely N-dealkylation sites (N-methyl/N-ethyl adjacent to an activating group) is 1. The van der Waals surface area contributed by atoms with E-state index >= 15 is 0 Å². The van der Waals surface area contributed by atoms with Crippen LogP contribution in [-0.2, 0) is 11.2 Å². The Morgan fingerprint density at radius 2 is 1.96 bits per heavy atom. The number of halogens is 1. The Morgan fingerprint density at radius 1 is 1.20 bits per heavy atom. The van der Waals surface area contributed by atoms with Gasteiger partial charge in [-0.15, -0.1) is 12.4 Å². The Labute approximate surface area is 153 Å². The molecule has 2 N–H and O–H groups in total. The number of nitrogens with zero attached hydrogens (tertiary/aromatic N) is 3. The number of nitrogens with one attached hydrogen (secondary N) is 2. The predicted octanol–water partition coefficient (Wildman–Crippen LogP) is 2.19. The lowest BCUT2D eigenvalue weighted by atomic mass is 10.1. The molecule has 7 heteroatoms. The highest BCUT2D eigenvalue weighted by Gasteiger charge is 2.14. The quantitative estimate of drug-likeness (QED) is 0.660. The van der Waals surface area contributed by atoms with Gasteiger partial charge in [-0.05, 0) is 45.0 Å². The van der Waals surface area contributed by atoms with E-state index in [0.717, 1.165) is 40.0 Å². The van der Waals surface area contributed by atoms with Crippen LogP contribution in [-0.4, -0.2) is 40.6 Å². The average Bonchev–Trinajstić information content (AvgIpc) is 2.94. The molecule has 3 aromatic rings. The lowest BCUT2D eigenvalue weighted by Gasteiger charge is -2.11. The molecule has 0 aliphatic rings. The number of fused-ring (bicyclic) bond motifs is 3. The van der Waals surface area contributed by atoms with Gasteiger partial charge in [0.25, 0.3) is 0 Å². The maximum absolute atomic E-state index is 11.9. The van der Waals surface area contributed by atoms with Crippen molar-refractivity contribution in [3.8, 4) is 0 Å². The van der Waals surface area contributed by atoms with Crippen LogP contribution >= 0.6 is 12.4 Å². The SMILES string of the molecule is CNCCNC(=O)CCc1c(C)nc2c3ccccc3nn2c1C.Cl. The minimum absolute atomic E-state index is 0. The van der Waals surface area contributed by atoms with Gasteiger partial charge >= 0.3 is 0 Å². The van der Waals surface area contributed by atoms with Gasteiger partial charge in [0.05, 0.1) is 5.52 Å². The van der Waals surface area contributed by atoms with Crippen molar-refractivity contribution >= 4 is 34.9 Å². The molecule has 3 rings (SSSR count). The number of benzene rings is 1. The molecular formula is C18H24ClN5O. The van der Waals surface area contributed by atoms with E-state index in [-0.39, 0.29) is 18.3 Å². The van der Waals surface area contributed by atoms with Gasteiger partial charge in [0.2, 0.25) is 5.91 Å². The third-order valence-corrected chi connectivity index (χ3v) is 4.32. The third kappa shape index (κ3) is 3.91. The lowest BCUT2D eigenvalue weighted by molar-refractivity contribution is -0.121. The first-order chi connectivity index (χ1) is 11.6. The van der Waals surface area contributed by atoms with Crippen LogP contribution in [0.25, 0.3) is 16.6 Å². The average molecular weight is 362 g/mol. The molecule has 0 aliphatic carbocycles. The molecule has 134 valence electrons. The second-order valence-electron chi connectivity index (χ2n) is 5.97. The summed E-state index contributed by atoms with van der Waals surface area (Å²) in [4.78, 5) is 16.7. The van der Waals surface area contributed by atoms with Crippen molar-refractivity contribution in [3.63, 3.8) is 0 Å². The summed E-state index contributed by atoms with van der Waals surface area (Å²) in [6.45, 7) is 5.47. The fraction of sp³-hybridized carbons (Fsp3) is 0.389. The van der Waals surface area contributed by atoms with Crippen LogP contribution in [0.5, 0.6) is 0 Å². The van der Waals surface area contributed by atoms with Crippen LogP contribution in [0.1, 0.15) is 23.4 Å². The van der Waals surface area contributed by atoms with Gasteiger partial charge in [0.1, 0.15) is 0 Å². The van der Waals surface area contributed by atoms with Crippen molar-refractivity contribution in [2.24, 2.45) is 0 Å². The van der Waals surface area contributed by atoms with Crippen LogP contribution in [0.15, 0.2) is 24.3 Å². The van der Waals surface area contributed by atoms with Crippen LogP contribution in [0.3, 0.4) is 0 Å². The van der Waals surface area contributed by atoms with Crippen molar-refractivity contribution in [3.05, 3.63) is 41.2 Å². The van der Waals surface area contributed by atoms with Crippen molar-refractivity contribution in [2.75, 3.05) is 20.1 Å². The molecule has 0 unspecified atom stereocenters. The van der Waals surface area contributed by atoms with E-state index in [4.69, 9.17) is 4.98 Å². The Balaban J connectivity index is 0.00000225. The summed E-state index contributed by atoms with van der Waals surface area (Å²) in [5, 5.41) is 11.6. The van der Waals surface area contributed by atoms with Crippen LogP contribution in [0.4, 0.5) is 0 Å². The predicted molar refractivity (Wildman–Crippen MR) is 102 cm³/mol. The molecule has 0 spiro atoms. The second-order valence-corrected chi connectivity index (χ2v) is 5.97. The first-order valence-corrected chi connectivity index (χ1v) is 8.26. The molecule has 0 aliphatic heterocycles. The number of aryl methyl sites for hydroxylation is 2. The summed E-state index contributed by atoms with van der Waals surface area (Å²) in [5.41, 5.74) is 4.93. The summed E-state index contributed by atoms with van der Waals surface area (Å²) in [6, 6.07) is 8.01. The fourth-order valence-electron chi connectivity index (χ4n) is 2.99. The first-order valence-electron chi connectivity index (χ1n) is 8.26. The number of aromatic nitrogens is 3. The molecule has 0 saturated heterocycles. The van der Waals surface area contributed by atoms with E-state index < -0.39 is 0 Å². The minimum Gasteiger partial charge on any atom is -0.355 e. The molecule has 0 atom stereocenters. The molecule has 2 aromatic heterocycles. The molecule has 0 bridgehead atoms. The van der Waals surface area contributed by atoms with E-state index in [1.165, 1.54) is 0 Å². The highest BCUT2D eigenvalue weighted by molar-refractivity contribution is 5.92. The van der Waals surface area contributed by atoms with E-state index in [1.807, 2.05) is 49.7 Å². The number of carbonyl (C=O) groups is 1. The lowest BCUT2D eigenvalue weighted by Crippen LogP contribution is -2.30. The molecule has 1 aromatic carbocycles. The molecule has 1 amide bonds. The summed E-state index contributed by atoms with van der Waals surface area (Å²) < 4.78 is 1.89. The zero-order valence-corrected chi connectivity index (χ0v) is 15.6. The van der Waals surface area contributed by atoms with Gasteiger partial charge in [-0.2, -0.15) is 5.10 Å². The fourth-order valence-corrected chi connectivity index (χ4v) is 2.99. The number of hydrogen-bond donors (Lipinski definition) is 2. The number of hydrogen-bond acceptors (Lipinski definition) is 4. The van der Waals surface area contributed by atoms with E-state index in [0.29, 0.717) is 19.4 Å². The standard InChI is InChI=1S/C18H23N5O.ClH/c1-12-14(8-9-17(24)20-11-10-19-3)13(2)23-18(21-12)15-6-4-5-7-16(15)22-23;/h4-7,19H,8-11H2,1-3H3,(H,20,24);1H. The monoisotopic (exact) mass is 361 g/mol. The molecule has 0 saturated carbocycles. The number of amides is 1. The van der Waals surface area contributed by atoms with E-state index in [9.17, 15) is 4.79 Å². The first kappa shape index (κ1) is 19.1. The molecular weight excluding hydrogens is 338 g/mol. The van der Waals surface area contributed by atoms with E-state index in [1.54, 1.807) is 0 Å². The second kappa shape index (κ2) is 8.27. The number of rotatable bonds is 6. The highest BCUT2D eigenvalue weighted by atomic mass is 35.5. The van der Waals surface area contributed by atoms with Gasteiger partial charge in [-0.3, -0.25) is 4.79 Å².